The molecule has 0 N–H and O–H groups in total. The van der Waals surface area contributed by atoms with E-state index in [1.165, 1.54) is 12.8 Å². The van der Waals surface area contributed by atoms with Gasteiger partial charge >= 0.3 is 0 Å². The molecular formula is C17H21NO. The van der Waals surface area contributed by atoms with Gasteiger partial charge in [-0.3, -0.25) is 4.79 Å². The van der Waals surface area contributed by atoms with Crippen molar-refractivity contribution in [2.75, 3.05) is 0 Å². The fourth-order valence-electron chi connectivity index (χ4n) is 3.87. The molecule has 0 radical (unpaired) electrons. The van der Waals surface area contributed by atoms with Crippen molar-refractivity contribution in [3.63, 3.8) is 0 Å². The Morgan fingerprint density at radius 1 is 1.21 bits per heavy atom. The first-order valence-corrected chi connectivity index (χ1v) is 7.12. The van der Waals surface area contributed by atoms with Crippen molar-refractivity contribution in [1.82, 2.24) is 0 Å². The Bertz CT molecular complexity index is 544. The maximum Gasteiger partial charge on any atom is 0.276 e. The summed E-state index contributed by atoms with van der Waals surface area (Å²) in [5.74, 6) is 0.611. The second-order valence-corrected chi connectivity index (χ2v) is 6.72. The van der Waals surface area contributed by atoms with Crippen LogP contribution in [0.5, 0.6) is 0 Å². The molecule has 1 amide bonds. The van der Waals surface area contributed by atoms with E-state index in [1.54, 1.807) is 0 Å². The van der Waals surface area contributed by atoms with Gasteiger partial charge in [0, 0.05) is 16.7 Å². The molecule has 0 spiro atoms. The molecule has 2 atom stereocenters. The van der Waals surface area contributed by atoms with Crippen LogP contribution >= 0.6 is 0 Å². The number of aliphatic imine (C=N–C) groups is 1. The van der Waals surface area contributed by atoms with E-state index in [2.05, 4.69) is 25.8 Å². The van der Waals surface area contributed by atoms with Crippen LogP contribution in [-0.4, -0.2) is 11.6 Å². The van der Waals surface area contributed by atoms with Crippen LogP contribution in [0.3, 0.4) is 0 Å². The molecule has 2 bridgehead atoms. The first-order chi connectivity index (χ1) is 8.95. The van der Waals surface area contributed by atoms with Crippen molar-refractivity contribution in [3.05, 3.63) is 35.9 Å². The van der Waals surface area contributed by atoms with E-state index >= 15 is 0 Å². The van der Waals surface area contributed by atoms with Crippen LogP contribution < -0.4 is 0 Å². The lowest BCUT2D eigenvalue weighted by molar-refractivity contribution is 0.100. The van der Waals surface area contributed by atoms with E-state index in [4.69, 9.17) is 0 Å². The van der Waals surface area contributed by atoms with Gasteiger partial charge in [0.15, 0.2) is 0 Å². The zero-order chi connectivity index (χ0) is 13.7. The molecule has 2 aliphatic rings. The first-order valence-electron chi connectivity index (χ1n) is 7.12. The normalized spacial score (nSPS) is 33.8. The molecule has 2 unspecified atom stereocenters. The topological polar surface area (TPSA) is 29.4 Å². The van der Waals surface area contributed by atoms with Gasteiger partial charge in [-0.15, -0.1) is 0 Å². The number of carbonyl (C=O) groups is 1. The smallest absolute Gasteiger partial charge is 0.267 e. The van der Waals surface area contributed by atoms with E-state index in [-0.39, 0.29) is 16.7 Å². The Labute approximate surface area is 114 Å². The Hall–Kier alpha value is -1.44. The number of amides is 1. The second-order valence-electron chi connectivity index (χ2n) is 6.72. The quantitative estimate of drug-likeness (QED) is 0.742. The second kappa shape index (κ2) is 4.03. The van der Waals surface area contributed by atoms with E-state index in [1.807, 2.05) is 30.3 Å². The van der Waals surface area contributed by atoms with Gasteiger partial charge in [0.2, 0.25) is 0 Å². The number of hydrogen-bond donors (Lipinski definition) is 0. The first kappa shape index (κ1) is 12.6. The van der Waals surface area contributed by atoms with Crippen LogP contribution in [0.4, 0.5) is 0 Å². The third kappa shape index (κ3) is 1.69. The highest BCUT2D eigenvalue weighted by molar-refractivity contribution is 6.07. The highest BCUT2D eigenvalue weighted by Crippen LogP contribution is 2.64. The number of carbonyl (C=O) groups excluding carboxylic acids is 1. The molecule has 100 valence electrons. The standard InChI is InChI=1S/C17H21NO/c1-16(2)13-9-10-17(16,3)14(11-13)18-15(19)12-7-5-4-6-8-12/h4-8,13H,9-11H2,1-3H3. The average Bonchev–Trinajstić information content (AvgIpc) is 2.73. The fraction of sp³-hybridized carbons (Fsp3) is 0.529. The SMILES string of the molecule is CC12CCC(CC1=NC(=O)c1ccccc1)C2(C)C. The summed E-state index contributed by atoms with van der Waals surface area (Å²) < 4.78 is 0. The minimum Gasteiger partial charge on any atom is -0.267 e. The molecule has 2 fully saturated rings. The molecule has 19 heavy (non-hydrogen) atoms. The summed E-state index contributed by atoms with van der Waals surface area (Å²) in [5.41, 5.74) is 2.21. The minimum atomic E-state index is -0.0832. The molecule has 2 heteroatoms. The third-order valence-electron chi connectivity index (χ3n) is 5.77. The van der Waals surface area contributed by atoms with Crippen molar-refractivity contribution in [3.8, 4) is 0 Å². The van der Waals surface area contributed by atoms with Crippen LogP contribution in [0.25, 0.3) is 0 Å². The van der Waals surface area contributed by atoms with Gasteiger partial charge in [-0.05, 0) is 42.7 Å². The molecule has 0 aliphatic heterocycles. The van der Waals surface area contributed by atoms with Crippen molar-refractivity contribution >= 4 is 11.6 Å². The third-order valence-corrected chi connectivity index (χ3v) is 5.77. The maximum absolute atomic E-state index is 12.2. The molecule has 2 saturated carbocycles. The predicted octanol–water partition coefficient (Wildman–Crippen LogP) is 4.11. The van der Waals surface area contributed by atoms with E-state index in [0.717, 1.165) is 12.1 Å². The summed E-state index contributed by atoms with van der Waals surface area (Å²) in [6, 6.07) is 9.38. The summed E-state index contributed by atoms with van der Waals surface area (Å²) in [6.07, 6.45) is 3.45. The molecular weight excluding hydrogens is 234 g/mol. The zero-order valence-corrected chi connectivity index (χ0v) is 11.9. The Morgan fingerprint density at radius 3 is 2.42 bits per heavy atom. The zero-order valence-electron chi connectivity index (χ0n) is 11.9. The summed E-state index contributed by atoms with van der Waals surface area (Å²) in [5, 5.41) is 0. The van der Waals surface area contributed by atoms with E-state index in [9.17, 15) is 4.79 Å². The Kier molecular flexibility index (Phi) is 2.67. The van der Waals surface area contributed by atoms with Crippen LogP contribution in [-0.2, 0) is 0 Å². The van der Waals surface area contributed by atoms with Gasteiger partial charge in [0.05, 0.1) is 0 Å². The van der Waals surface area contributed by atoms with Crippen LogP contribution in [0, 0.1) is 16.7 Å². The largest absolute Gasteiger partial charge is 0.276 e. The summed E-state index contributed by atoms with van der Waals surface area (Å²) in [6.45, 7) is 6.96. The number of fused-ring (bicyclic) bond motifs is 2. The minimum absolute atomic E-state index is 0.0832. The lowest BCUT2D eigenvalue weighted by atomic mass is 9.70. The van der Waals surface area contributed by atoms with Crippen molar-refractivity contribution in [1.29, 1.82) is 0 Å². The Morgan fingerprint density at radius 2 is 1.89 bits per heavy atom. The molecule has 2 aliphatic carbocycles. The van der Waals surface area contributed by atoms with Gasteiger partial charge < -0.3 is 0 Å². The van der Waals surface area contributed by atoms with E-state index < -0.39 is 0 Å². The van der Waals surface area contributed by atoms with E-state index in [0.29, 0.717) is 11.5 Å². The monoisotopic (exact) mass is 255 g/mol. The van der Waals surface area contributed by atoms with Gasteiger partial charge in [-0.25, -0.2) is 4.99 Å². The number of nitrogens with zero attached hydrogens (tertiary/aromatic N) is 1. The van der Waals surface area contributed by atoms with Gasteiger partial charge in [0.25, 0.3) is 5.91 Å². The van der Waals surface area contributed by atoms with Crippen molar-refractivity contribution in [2.24, 2.45) is 21.7 Å². The lowest BCUT2D eigenvalue weighted by Gasteiger charge is -2.34. The highest BCUT2D eigenvalue weighted by atomic mass is 16.1. The average molecular weight is 255 g/mol. The summed E-state index contributed by atoms with van der Waals surface area (Å²) >= 11 is 0. The van der Waals surface area contributed by atoms with Crippen LogP contribution in [0.1, 0.15) is 50.4 Å². The highest BCUT2D eigenvalue weighted by Gasteiger charge is 2.59. The molecule has 0 saturated heterocycles. The molecule has 3 rings (SSSR count). The summed E-state index contributed by atoms with van der Waals surface area (Å²) in [7, 11) is 0. The van der Waals surface area contributed by atoms with Gasteiger partial charge in [-0.2, -0.15) is 0 Å². The van der Waals surface area contributed by atoms with Crippen LogP contribution in [0.2, 0.25) is 0 Å². The predicted molar refractivity (Wildman–Crippen MR) is 77.4 cm³/mol. The van der Waals surface area contributed by atoms with Gasteiger partial charge in [0.1, 0.15) is 0 Å². The molecule has 1 aromatic rings. The number of benzene rings is 1. The van der Waals surface area contributed by atoms with Crippen LogP contribution in [0.15, 0.2) is 35.3 Å². The van der Waals surface area contributed by atoms with Crippen molar-refractivity contribution in [2.45, 2.75) is 40.0 Å². The van der Waals surface area contributed by atoms with Crippen molar-refractivity contribution < 1.29 is 4.79 Å². The number of hydrogen-bond acceptors (Lipinski definition) is 1. The molecule has 2 nitrogen and oxygen atoms in total. The lowest BCUT2D eigenvalue weighted by Crippen LogP contribution is -2.33. The molecule has 1 aromatic carbocycles. The molecule has 0 heterocycles. The summed E-state index contributed by atoms with van der Waals surface area (Å²) in [4.78, 5) is 16.7. The number of rotatable bonds is 1. The fourth-order valence-corrected chi connectivity index (χ4v) is 3.87. The Balaban J connectivity index is 1.93. The molecule has 0 aromatic heterocycles. The maximum atomic E-state index is 12.2. The van der Waals surface area contributed by atoms with Gasteiger partial charge in [-0.1, -0.05) is 39.0 Å².